The Kier molecular flexibility index (Phi) is 7.06. The molecule has 0 spiro atoms. The second kappa shape index (κ2) is 8.58. The van der Waals surface area contributed by atoms with Gasteiger partial charge in [0.1, 0.15) is 0 Å². The van der Waals surface area contributed by atoms with Crippen molar-refractivity contribution in [1.82, 2.24) is 4.57 Å². The van der Waals surface area contributed by atoms with Crippen molar-refractivity contribution in [1.29, 1.82) is 0 Å². The predicted octanol–water partition coefficient (Wildman–Crippen LogP) is 4.43. The maximum atomic E-state index is 3.17. The van der Waals surface area contributed by atoms with Crippen LogP contribution in [0.2, 0.25) is 0 Å². The van der Waals surface area contributed by atoms with Crippen LogP contribution in [0.3, 0.4) is 0 Å². The maximum absolute atomic E-state index is 3.17. The molecule has 0 aliphatic rings. The zero-order valence-corrected chi connectivity index (χ0v) is 10.0. The summed E-state index contributed by atoms with van der Waals surface area (Å²) in [5.41, 5.74) is 0. The van der Waals surface area contributed by atoms with E-state index in [1.54, 1.807) is 0 Å². The van der Waals surface area contributed by atoms with Crippen LogP contribution < -0.4 is 0 Å². The lowest BCUT2D eigenvalue weighted by atomic mass is 10.1. The molecule has 0 unspecified atom stereocenters. The van der Waals surface area contributed by atoms with Gasteiger partial charge in [0.25, 0.3) is 0 Å². The molecule has 85 valence electrons. The summed E-state index contributed by atoms with van der Waals surface area (Å²) in [5, 5.41) is 0. The molecule has 15 heavy (non-hydrogen) atoms. The van der Waals surface area contributed by atoms with E-state index in [2.05, 4.69) is 23.9 Å². The highest BCUT2D eigenvalue weighted by molar-refractivity contribution is 4.88. The van der Waals surface area contributed by atoms with Crippen LogP contribution in [0.5, 0.6) is 0 Å². The van der Waals surface area contributed by atoms with Gasteiger partial charge in [0.05, 0.1) is 6.20 Å². The molecule has 1 rings (SSSR count). The van der Waals surface area contributed by atoms with Crippen molar-refractivity contribution in [3.8, 4) is 0 Å². The van der Waals surface area contributed by atoms with Gasteiger partial charge in [-0.3, -0.25) is 0 Å². The van der Waals surface area contributed by atoms with E-state index in [4.69, 9.17) is 0 Å². The van der Waals surface area contributed by atoms with Gasteiger partial charge in [0.2, 0.25) is 0 Å². The molecule has 0 fully saturated rings. The van der Waals surface area contributed by atoms with E-state index >= 15 is 0 Å². The second-order valence-electron chi connectivity index (χ2n) is 4.31. The number of hydrogen-bond acceptors (Lipinski definition) is 0. The Hall–Kier alpha value is -0.720. The number of hydrogen-bond donors (Lipinski definition) is 0. The molecule has 0 aromatic carbocycles. The first-order valence-electron chi connectivity index (χ1n) is 6.46. The van der Waals surface area contributed by atoms with Gasteiger partial charge in [0.15, 0.2) is 0 Å². The third-order valence-corrected chi connectivity index (χ3v) is 2.86. The largest absolute Gasteiger partial charge is 0.346 e. The molecule has 0 atom stereocenters. The van der Waals surface area contributed by atoms with Gasteiger partial charge in [-0.25, -0.2) is 0 Å². The van der Waals surface area contributed by atoms with Crippen LogP contribution in [0.4, 0.5) is 0 Å². The summed E-state index contributed by atoms with van der Waals surface area (Å²) < 4.78 is 2.15. The molecule has 0 saturated heterocycles. The minimum Gasteiger partial charge on any atom is -0.346 e. The Balaban J connectivity index is 1.81. The van der Waals surface area contributed by atoms with E-state index in [-0.39, 0.29) is 0 Å². The van der Waals surface area contributed by atoms with Crippen LogP contribution in [-0.2, 0) is 6.54 Å². The zero-order chi connectivity index (χ0) is 10.8. The summed E-state index contributed by atoms with van der Waals surface area (Å²) in [6, 6.07) is 4.02. The Labute approximate surface area is 94.5 Å². The van der Waals surface area contributed by atoms with Crippen molar-refractivity contribution in [2.75, 3.05) is 0 Å². The first-order chi connectivity index (χ1) is 7.43. The Bertz CT molecular complexity index is 213. The molecule has 0 bridgehead atoms. The van der Waals surface area contributed by atoms with Crippen LogP contribution in [0.1, 0.15) is 58.3 Å². The van der Waals surface area contributed by atoms with Gasteiger partial charge in [-0.05, 0) is 18.6 Å². The first-order valence-corrected chi connectivity index (χ1v) is 6.46. The molecule has 0 saturated carbocycles. The quantitative estimate of drug-likeness (QED) is 0.527. The molecule has 0 N–H and O–H groups in total. The van der Waals surface area contributed by atoms with Crippen molar-refractivity contribution < 1.29 is 0 Å². The number of unbranched alkanes of at least 4 members (excludes halogenated alkanes) is 7. The van der Waals surface area contributed by atoms with Gasteiger partial charge in [0, 0.05) is 12.7 Å². The Morgan fingerprint density at radius 3 is 2.20 bits per heavy atom. The summed E-state index contributed by atoms with van der Waals surface area (Å²) in [6.07, 6.45) is 16.4. The van der Waals surface area contributed by atoms with E-state index < -0.39 is 0 Å². The van der Waals surface area contributed by atoms with Crippen LogP contribution in [0, 0.1) is 6.20 Å². The number of rotatable bonds is 9. The molecule has 1 aromatic rings. The normalized spacial score (nSPS) is 10.7. The lowest BCUT2D eigenvalue weighted by molar-refractivity contribution is 0.543. The van der Waals surface area contributed by atoms with E-state index in [0.29, 0.717) is 0 Å². The summed E-state index contributed by atoms with van der Waals surface area (Å²) >= 11 is 0. The molecule has 1 radical (unpaired) electrons. The second-order valence-corrected chi connectivity index (χ2v) is 4.31. The molecular weight excluding hydrogens is 182 g/mol. The first kappa shape index (κ1) is 12.4. The summed E-state index contributed by atoms with van der Waals surface area (Å²) in [5.74, 6) is 0. The van der Waals surface area contributed by atoms with Crippen molar-refractivity contribution in [3.05, 3.63) is 24.5 Å². The smallest absolute Gasteiger partial charge is 0.0647 e. The van der Waals surface area contributed by atoms with Gasteiger partial charge < -0.3 is 4.57 Å². The molecule has 1 nitrogen and oxygen atoms in total. The molecule has 0 aliphatic carbocycles. The third kappa shape index (κ3) is 6.38. The van der Waals surface area contributed by atoms with Gasteiger partial charge in [-0.15, -0.1) is 0 Å². The molecule has 1 heteroatoms. The van der Waals surface area contributed by atoms with Crippen LogP contribution in [-0.4, -0.2) is 4.57 Å². The SMILES string of the molecule is CCCCCCCCCCn1[c]ccc1. The zero-order valence-electron chi connectivity index (χ0n) is 10.0. The van der Waals surface area contributed by atoms with Crippen molar-refractivity contribution in [2.45, 2.75) is 64.8 Å². The third-order valence-electron chi connectivity index (χ3n) is 2.86. The molecule has 1 heterocycles. The van der Waals surface area contributed by atoms with Gasteiger partial charge in [-0.1, -0.05) is 51.9 Å². The average molecular weight is 206 g/mol. The lowest BCUT2D eigenvalue weighted by Gasteiger charge is -2.02. The van der Waals surface area contributed by atoms with E-state index in [1.807, 2.05) is 12.1 Å². The summed E-state index contributed by atoms with van der Waals surface area (Å²) in [7, 11) is 0. The minimum atomic E-state index is 1.14. The Morgan fingerprint density at radius 1 is 0.933 bits per heavy atom. The molecule has 1 aromatic heterocycles. The summed E-state index contributed by atoms with van der Waals surface area (Å²) in [6.45, 7) is 3.41. The van der Waals surface area contributed by atoms with Crippen LogP contribution in [0.25, 0.3) is 0 Å². The minimum absolute atomic E-state index is 1.14. The number of aryl methyl sites for hydroxylation is 1. The molecule has 0 aliphatic heterocycles. The van der Waals surface area contributed by atoms with Gasteiger partial charge in [-0.2, -0.15) is 0 Å². The van der Waals surface area contributed by atoms with Crippen molar-refractivity contribution in [2.24, 2.45) is 0 Å². The summed E-state index contributed by atoms with van der Waals surface area (Å²) in [4.78, 5) is 0. The highest BCUT2D eigenvalue weighted by Gasteiger charge is 1.92. The number of aromatic nitrogens is 1. The fraction of sp³-hybridized carbons (Fsp3) is 0.714. The Morgan fingerprint density at radius 2 is 1.60 bits per heavy atom. The molecule has 0 amide bonds. The lowest BCUT2D eigenvalue weighted by Crippen LogP contribution is -1.94. The molecular formula is C14H24N. The van der Waals surface area contributed by atoms with E-state index in [0.717, 1.165) is 6.54 Å². The van der Waals surface area contributed by atoms with Crippen molar-refractivity contribution >= 4 is 0 Å². The van der Waals surface area contributed by atoms with Crippen LogP contribution >= 0.6 is 0 Å². The highest BCUT2D eigenvalue weighted by atomic mass is 14.9. The topological polar surface area (TPSA) is 4.93 Å². The monoisotopic (exact) mass is 206 g/mol. The fourth-order valence-electron chi connectivity index (χ4n) is 1.88. The predicted molar refractivity (Wildman–Crippen MR) is 65.9 cm³/mol. The van der Waals surface area contributed by atoms with E-state index in [1.165, 1.54) is 51.4 Å². The fourth-order valence-corrected chi connectivity index (χ4v) is 1.88. The van der Waals surface area contributed by atoms with E-state index in [9.17, 15) is 0 Å². The maximum Gasteiger partial charge on any atom is 0.0647 e. The van der Waals surface area contributed by atoms with Crippen molar-refractivity contribution in [3.63, 3.8) is 0 Å². The average Bonchev–Trinajstić information content (AvgIpc) is 2.75. The number of nitrogens with zero attached hydrogens (tertiary/aromatic N) is 1. The standard InChI is InChI=1S/C14H24N/c1-2-3-4-5-6-7-8-9-12-15-13-10-11-14-15/h10-11,13H,2-9,12H2,1H3. The van der Waals surface area contributed by atoms with Crippen LogP contribution in [0.15, 0.2) is 18.3 Å². The highest BCUT2D eigenvalue weighted by Crippen LogP contribution is 2.08. The van der Waals surface area contributed by atoms with Gasteiger partial charge >= 0.3 is 0 Å².